The number of carbonyl (C=O) groups is 4. The van der Waals surface area contributed by atoms with E-state index in [-0.39, 0.29) is 23.2 Å². The summed E-state index contributed by atoms with van der Waals surface area (Å²) in [6.07, 6.45) is 1.72. The molecule has 1 amide bonds. The Balaban J connectivity index is 2.03. The van der Waals surface area contributed by atoms with Gasteiger partial charge in [0.05, 0.1) is 0 Å². The SMILES string of the molecule is CCCC(=O)Nc1ccc(C(=O)[C@H](C)OC(=O)c2cc(C(C)=O)cn2C)cc1. The van der Waals surface area contributed by atoms with Crippen LogP contribution in [0.1, 0.15) is 64.8 Å². The average Bonchev–Trinajstić information content (AvgIpc) is 3.04. The normalized spacial score (nSPS) is 11.6. The number of hydrogen-bond acceptors (Lipinski definition) is 5. The number of anilines is 1. The lowest BCUT2D eigenvalue weighted by Crippen LogP contribution is -2.25. The van der Waals surface area contributed by atoms with Crippen molar-refractivity contribution in [3.63, 3.8) is 0 Å². The quantitative estimate of drug-likeness (QED) is 0.556. The monoisotopic (exact) mass is 384 g/mol. The molecule has 0 spiro atoms. The van der Waals surface area contributed by atoms with E-state index in [1.54, 1.807) is 31.3 Å². The van der Waals surface area contributed by atoms with Crippen LogP contribution in [0.15, 0.2) is 36.5 Å². The predicted octanol–water partition coefficient (Wildman–Crippen LogP) is 3.39. The highest BCUT2D eigenvalue weighted by Crippen LogP contribution is 2.15. The number of aryl methyl sites for hydroxylation is 1. The highest BCUT2D eigenvalue weighted by atomic mass is 16.5. The molecule has 7 nitrogen and oxygen atoms in total. The second-order valence-corrected chi connectivity index (χ2v) is 6.57. The fraction of sp³-hybridized carbons (Fsp3) is 0.333. The Morgan fingerprint density at radius 1 is 1.11 bits per heavy atom. The van der Waals surface area contributed by atoms with Crippen molar-refractivity contribution >= 4 is 29.1 Å². The first-order chi connectivity index (χ1) is 13.2. The molecule has 1 N–H and O–H groups in total. The van der Waals surface area contributed by atoms with E-state index in [9.17, 15) is 19.2 Å². The van der Waals surface area contributed by atoms with Gasteiger partial charge in [0.25, 0.3) is 0 Å². The van der Waals surface area contributed by atoms with Gasteiger partial charge in [0.1, 0.15) is 5.69 Å². The fourth-order valence-electron chi connectivity index (χ4n) is 2.64. The third-order valence-electron chi connectivity index (χ3n) is 4.20. The zero-order valence-corrected chi connectivity index (χ0v) is 16.4. The number of aromatic nitrogens is 1. The maximum absolute atomic E-state index is 12.5. The van der Waals surface area contributed by atoms with Crippen molar-refractivity contribution in [1.29, 1.82) is 0 Å². The minimum absolute atomic E-state index is 0.0867. The lowest BCUT2D eigenvalue weighted by atomic mass is 10.1. The summed E-state index contributed by atoms with van der Waals surface area (Å²) >= 11 is 0. The van der Waals surface area contributed by atoms with Gasteiger partial charge < -0.3 is 14.6 Å². The summed E-state index contributed by atoms with van der Waals surface area (Å²) in [4.78, 5) is 47.9. The molecule has 0 aliphatic heterocycles. The lowest BCUT2D eigenvalue weighted by Gasteiger charge is -2.13. The number of amides is 1. The van der Waals surface area contributed by atoms with Gasteiger partial charge in [-0.1, -0.05) is 6.92 Å². The number of ether oxygens (including phenoxy) is 1. The second-order valence-electron chi connectivity index (χ2n) is 6.57. The summed E-state index contributed by atoms with van der Waals surface area (Å²) in [6.45, 7) is 4.82. The minimum Gasteiger partial charge on any atom is -0.450 e. The van der Waals surface area contributed by atoms with Gasteiger partial charge in [0.2, 0.25) is 11.7 Å². The van der Waals surface area contributed by atoms with Crippen molar-refractivity contribution in [2.75, 3.05) is 5.32 Å². The van der Waals surface area contributed by atoms with Crippen LogP contribution in [0.25, 0.3) is 0 Å². The van der Waals surface area contributed by atoms with E-state index in [4.69, 9.17) is 4.74 Å². The number of Topliss-reactive ketones (excluding diaryl/α,β-unsaturated/α-hetero) is 2. The van der Waals surface area contributed by atoms with Crippen LogP contribution in [-0.4, -0.2) is 34.1 Å². The maximum Gasteiger partial charge on any atom is 0.355 e. The Hall–Kier alpha value is -3.22. The van der Waals surface area contributed by atoms with E-state index in [0.29, 0.717) is 23.2 Å². The molecule has 0 radical (unpaired) electrons. The van der Waals surface area contributed by atoms with E-state index < -0.39 is 12.1 Å². The van der Waals surface area contributed by atoms with E-state index in [1.165, 1.54) is 30.7 Å². The van der Waals surface area contributed by atoms with Crippen LogP contribution >= 0.6 is 0 Å². The Kier molecular flexibility index (Phi) is 6.87. The average molecular weight is 384 g/mol. The van der Waals surface area contributed by atoms with Crippen LogP contribution in [0.2, 0.25) is 0 Å². The molecule has 148 valence electrons. The molecule has 1 aromatic carbocycles. The molecule has 0 unspecified atom stereocenters. The highest BCUT2D eigenvalue weighted by Gasteiger charge is 2.23. The number of rotatable bonds is 8. The van der Waals surface area contributed by atoms with E-state index in [0.717, 1.165) is 6.42 Å². The molecule has 0 aliphatic carbocycles. The number of ketones is 2. The number of nitrogens with one attached hydrogen (secondary N) is 1. The van der Waals surface area contributed by atoms with Crippen molar-refractivity contribution < 1.29 is 23.9 Å². The van der Waals surface area contributed by atoms with Crippen molar-refractivity contribution in [3.05, 3.63) is 53.3 Å². The van der Waals surface area contributed by atoms with Crippen molar-refractivity contribution in [2.45, 2.75) is 39.7 Å². The van der Waals surface area contributed by atoms with Crippen LogP contribution < -0.4 is 5.32 Å². The molecule has 7 heteroatoms. The molecular weight excluding hydrogens is 360 g/mol. The van der Waals surface area contributed by atoms with Gasteiger partial charge in [-0.15, -0.1) is 0 Å². The second kappa shape index (κ2) is 9.12. The summed E-state index contributed by atoms with van der Waals surface area (Å²) in [7, 11) is 1.63. The Labute approximate surface area is 163 Å². The molecule has 0 aliphatic rings. The third kappa shape index (κ3) is 5.16. The topological polar surface area (TPSA) is 94.5 Å². The molecule has 28 heavy (non-hydrogen) atoms. The Morgan fingerprint density at radius 2 is 1.75 bits per heavy atom. The van der Waals surface area contributed by atoms with Gasteiger partial charge >= 0.3 is 5.97 Å². The number of esters is 1. The largest absolute Gasteiger partial charge is 0.450 e. The molecule has 2 rings (SSSR count). The van der Waals surface area contributed by atoms with Crippen molar-refractivity contribution in [2.24, 2.45) is 7.05 Å². The van der Waals surface area contributed by atoms with E-state index in [2.05, 4.69) is 5.32 Å². The van der Waals surface area contributed by atoms with Crippen LogP contribution in [0.3, 0.4) is 0 Å². The zero-order chi connectivity index (χ0) is 20.8. The first-order valence-corrected chi connectivity index (χ1v) is 9.05. The number of carbonyl (C=O) groups excluding carboxylic acids is 4. The van der Waals surface area contributed by atoms with Crippen LogP contribution in [0.5, 0.6) is 0 Å². The molecule has 1 heterocycles. The summed E-state index contributed by atoms with van der Waals surface area (Å²) in [6, 6.07) is 7.85. The molecule has 1 atom stereocenters. The molecule has 1 aromatic heterocycles. The Morgan fingerprint density at radius 3 is 2.29 bits per heavy atom. The molecule has 0 saturated carbocycles. The number of benzene rings is 1. The predicted molar refractivity (Wildman–Crippen MR) is 105 cm³/mol. The van der Waals surface area contributed by atoms with Gasteiger partial charge in [0.15, 0.2) is 11.9 Å². The first kappa shape index (κ1) is 21.1. The van der Waals surface area contributed by atoms with Gasteiger partial charge in [-0.25, -0.2) is 4.79 Å². The van der Waals surface area contributed by atoms with Crippen molar-refractivity contribution in [3.8, 4) is 0 Å². The molecule has 0 bridgehead atoms. The summed E-state index contributed by atoms with van der Waals surface area (Å²) in [5.41, 5.74) is 1.55. The summed E-state index contributed by atoms with van der Waals surface area (Å²) in [5.74, 6) is -1.29. The smallest absolute Gasteiger partial charge is 0.355 e. The summed E-state index contributed by atoms with van der Waals surface area (Å²) < 4.78 is 6.75. The third-order valence-corrected chi connectivity index (χ3v) is 4.20. The van der Waals surface area contributed by atoms with Crippen LogP contribution in [-0.2, 0) is 16.6 Å². The fourth-order valence-corrected chi connectivity index (χ4v) is 2.64. The minimum atomic E-state index is -0.997. The van der Waals surface area contributed by atoms with Gasteiger partial charge in [-0.05, 0) is 50.6 Å². The zero-order valence-electron chi connectivity index (χ0n) is 16.4. The van der Waals surface area contributed by atoms with E-state index >= 15 is 0 Å². The number of nitrogens with zero attached hydrogens (tertiary/aromatic N) is 1. The van der Waals surface area contributed by atoms with Crippen molar-refractivity contribution in [1.82, 2.24) is 4.57 Å². The first-order valence-electron chi connectivity index (χ1n) is 9.05. The van der Waals surface area contributed by atoms with Crippen LogP contribution in [0.4, 0.5) is 5.69 Å². The lowest BCUT2D eigenvalue weighted by molar-refractivity contribution is -0.116. The van der Waals surface area contributed by atoms with Gasteiger partial charge in [-0.3, -0.25) is 14.4 Å². The standard InChI is InChI=1S/C21H24N2O5/c1-5-6-19(25)22-17-9-7-15(8-10-17)20(26)14(3)28-21(27)18-11-16(13(2)24)12-23(18)4/h7-12,14H,5-6H2,1-4H3,(H,22,25)/t14-/m0/s1. The van der Waals surface area contributed by atoms with E-state index in [1.807, 2.05) is 6.92 Å². The Bertz CT molecular complexity index is 896. The summed E-state index contributed by atoms with van der Waals surface area (Å²) in [5, 5.41) is 2.74. The molecule has 0 fully saturated rings. The number of hydrogen-bond donors (Lipinski definition) is 1. The molecular formula is C21H24N2O5. The molecule has 0 saturated heterocycles. The van der Waals surface area contributed by atoms with Crippen LogP contribution in [0, 0.1) is 0 Å². The highest BCUT2D eigenvalue weighted by molar-refractivity contribution is 6.02. The molecule has 2 aromatic rings. The van der Waals surface area contributed by atoms with Gasteiger partial charge in [-0.2, -0.15) is 0 Å². The van der Waals surface area contributed by atoms with Gasteiger partial charge in [0, 0.05) is 36.5 Å². The maximum atomic E-state index is 12.5.